The number of ether oxygens (including phenoxy) is 1. The minimum atomic E-state index is -0.0830. The molecule has 0 fully saturated rings. The van der Waals surface area contributed by atoms with Crippen LogP contribution in [0.5, 0.6) is 5.75 Å². The van der Waals surface area contributed by atoms with Crippen LogP contribution >= 0.6 is 15.9 Å². The van der Waals surface area contributed by atoms with Crippen molar-refractivity contribution in [3.8, 4) is 5.75 Å². The Hall–Kier alpha value is -1.81. The molecule has 2 aromatic carbocycles. The number of amides is 1. The lowest BCUT2D eigenvalue weighted by Crippen LogP contribution is -2.30. The standard InChI is InChI=1S/C17H18BrNO2/c1-12(2)19-17(20)14-8-9-16(15(18)10-14)21-11-13-6-4-3-5-7-13/h3-10,12H,11H2,1-2H3,(H,19,20). The van der Waals surface area contributed by atoms with Crippen LogP contribution in [-0.4, -0.2) is 11.9 Å². The van der Waals surface area contributed by atoms with Gasteiger partial charge in [-0.1, -0.05) is 30.3 Å². The molecule has 0 saturated heterocycles. The summed E-state index contributed by atoms with van der Waals surface area (Å²) in [4.78, 5) is 11.9. The predicted octanol–water partition coefficient (Wildman–Crippen LogP) is 4.17. The smallest absolute Gasteiger partial charge is 0.251 e. The SMILES string of the molecule is CC(C)NC(=O)c1ccc(OCc2ccccc2)c(Br)c1. The molecule has 0 bridgehead atoms. The molecule has 0 radical (unpaired) electrons. The van der Waals surface area contributed by atoms with Crippen LogP contribution in [0.15, 0.2) is 53.0 Å². The number of nitrogens with one attached hydrogen (secondary N) is 1. The molecule has 2 aromatic rings. The van der Waals surface area contributed by atoms with E-state index >= 15 is 0 Å². The molecule has 21 heavy (non-hydrogen) atoms. The Morgan fingerprint density at radius 3 is 2.52 bits per heavy atom. The van der Waals surface area contributed by atoms with Gasteiger partial charge in [0.25, 0.3) is 5.91 Å². The highest BCUT2D eigenvalue weighted by atomic mass is 79.9. The Morgan fingerprint density at radius 2 is 1.90 bits per heavy atom. The third-order valence-electron chi connectivity index (χ3n) is 2.85. The zero-order valence-corrected chi connectivity index (χ0v) is 13.7. The van der Waals surface area contributed by atoms with E-state index in [1.165, 1.54) is 0 Å². The second kappa shape index (κ2) is 7.27. The maximum absolute atomic E-state index is 11.9. The molecule has 110 valence electrons. The molecule has 0 aliphatic rings. The van der Waals surface area contributed by atoms with Gasteiger partial charge in [0.15, 0.2) is 0 Å². The van der Waals surface area contributed by atoms with Crippen molar-refractivity contribution >= 4 is 21.8 Å². The van der Waals surface area contributed by atoms with Crippen molar-refractivity contribution in [3.63, 3.8) is 0 Å². The molecule has 0 atom stereocenters. The summed E-state index contributed by atoms with van der Waals surface area (Å²) in [6, 6.07) is 15.4. The Morgan fingerprint density at radius 1 is 1.19 bits per heavy atom. The van der Waals surface area contributed by atoms with Gasteiger partial charge in [0.1, 0.15) is 12.4 Å². The summed E-state index contributed by atoms with van der Waals surface area (Å²) in [6.07, 6.45) is 0. The number of carbonyl (C=O) groups is 1. The summed E-state index contributed by atoms with van der Waals surface area (Å²) in [5.41, 5.74) is 1.72. The van der Waals surface area contributed by atoms with Crippen LogP contribution in [-0.2, 0) is 6.61 Å². The summed E-state index contributed by atoms with van der Waals surface area (Å²) < 4.78 is 6.53. The molecule has 0 unspecified atom stereocenters. The van der Waals surface area contributed by atoms with Crippen LogP contribution in [0, 0.1) is 0 Å². The first-order valence-corrected chi connectivity index (χ1v) is 7.62. The minimum absolute atomic E-state index is 0.0830. The van der Waals surface area contributed by atoms with Crippen molar-refractivity contribution in [2.45, 2.75) is 26.5 Å². The van der Waals surface area contributed by atoms with Gasteiger partial charge in [-0.3, -0.25) is 4.79 Å². The summed E-state index contributed by atoms with van der Waals surface area (Å²) in [6.45, 7) is 4.37. The quantitative estimate of drug-likeness (QED) is 0.881. The van der Waals surface area contributed by atoms with Crippen molar-refractivity contribution in [2.75, 3.05) is 0 Å². The normalized spacial score (nSPS) is 10.5. The van der Waals surface area contributed by atoms with Crippen LogP contribution in [0.25, 0.3) is 0 Å². The highest BCUT2D eigenvalue weighted by Crippen LogP contribution is 2.26. The molecule has 4 heteroatoms. The molecule has 0 aliphatic carbocycles. The van der Waals surface area contributed by atoms with E-state index in [1.54, 1.807) is 12.1 Å². The van der Waals surface area contributed by atoms with E-state index in [2.05, 4.69) is 21.2 Å². The number of rotatable bonds is 5. The van der Waals surface area contributed by atoms with Gasteiger partial charge in [-0.2, -0.15) is 0 Å². The highest BCUT2D eigenvalue weighted by Gasteiger charge is 2.10. The zero-order valence-electron chi connectivity index (χ0n) is 12.1. The van der Waals surface area contributed by atoms with Crippen molar-refractivity contribution in [2.24, 2.45) is 0 Å². The van der Waals surface area contributed by atoms with Crippen LogP contribution in [0.4, 0.5) is 0 Å². The molecule has 3 nitrogen and oxygen atoms in total. The lowest BCUT2D eigenvalue weighted by molar-refractivity contribution is 0.0943. The first-order chi connectivity index (χ1) is 10.1. The van der Waals surface area contributed by atoms with Gasteiger partial charge in [0.05, 0.1) is 4.47 Å². The topological polar surface area (TPSA) is 38.3 Å². The van der Waals surface area contributed by atoms with Crippen molar-refractivity contribution in [1.29, 1.82) is 0 Å². The van der Waals surface area contributed by atoms with Crippen LogP contribution in [0.2, 0.25) is 0 Å². The first kappa shape index (κ1) is 15.6. The van der Waals surface area contributed by atoms with Gasteiger partial charge in [0, 0.05) is 11.6 Å². The van der Waals surface area contributed by atoms with E-state index in [0.29, 0.717) is 12.2 Å². The van der Waals surface area contributed by atoms with Crippen molar-refractivity contribution in [1.82, 2.24) is 5.32 Å². The first-order valence-electron chi connectivity index (χ1n) is 6.83. The molecular weight excluding hydrogens is 330 g/mol. The maximum atomic E-state index is 11.9. The maximum Gasteiger partial charge on any atom is 0.251 e. The Kier molecular flexibility index (Phi) is 5.39. The predicted molar refractivity (Wildman–Crippen MR) is 87.5 cm³/mol. The van der Waals surface area contributed by atoms with Crippen molar-refractivity contribution < 1.29 is 9.53 Å². The fourth-order valence-corrected chi connectivity index (χ4v) is 2.33. The van der Waals surface area contributed by atoms with Gasteiger partial charge in [0.2, 0.25) is 0 Å². The molecule has 2 rings (SSSR count). The second-order valence-corrected chi connectivity index (χ2v) is 5.90. The van der Waals surface area contributed by atoms with E-state index < -0.39 is 0 Å². The highest BCUT2D eigenvalue weighted by molar-refractivity contribution is 9.10. The summed E-state index contributed by atoms with van der Waals surface area (Å²) in [7, 11) is 0. The van der Waals surface area contributed by atoms with E-state index in [9.17, 15) is 4.79 Å². The van der Waals surface area contributed by atoms with E-state index in [4.69, 9.17) is 4.74 Å². The Balaban J connectivity index is 2.04. The average molecular weight is 348 g/mol. The summed E-state index contributed by atoms with van der Waals surface area (Å²) in [5, 5.41) is 2.86. The van der Waals surface area contributed by atoms with E-state index in [1.807, 2.05) is 50.2 Å². The molecule has 0 aromatic heterocycles. The van der Waals surface area contributed by atoms with Gasteiger partial charge in [-0.05, 0) is 53.5 Å². The lowest BCUT2D eigenvalue weighted by Gasteiger charge is -2.11. The molecule has 0 aliphatic heterocycles. The molecular formula is C17H18BrNO2. The van der Waals surface area contributed by atoms with Gasteiger partial charge in [-0.15, -0.1) is 0 Å². The number of hydrogen-bond donors (Lipinski definition) is 1. The van der Waals surface area contributed by atoms with Crippen molar-refractivity contribution in [3.05, 3.63) is 64.1 Å². The number of benzene rings is 2. The number of carbonyl (C=O) groups excluding carboxylic acids is 1. The summed E-state index contributed by atoms with van der Waals surface area (Å²) >= 11 is 3.45. The van der Waals surface area contributed by atoms with Crippen LogP contribution < -0.4 is 10.1 Å². The van der Waals surface area contributed by atoms with Gasteiger partial charge >= 0.3 is 0 Å². The van der Waals surface area contributed by atoms with E-state index in [-0.39, 0.29) is 11.9 Å². The fourth-order valence-electron chi connectivity index (χ4n) is 1.84. The molecule has 1 N–H and O–H groups in total. The Bertz CT molecular complexity index is 611. The molecule has 1 amide bonds. The monoisotopic (exact) mass is 347 g/mol. The van der Waals surface area contributed by atoms with Crippen LogP contribution in [0.3, 0.4) is 0 Å². The lowest BCUT2D eigenvalue weighted by atomic mass is 10.2. The minimum Gasteiger partial charge on any atom is -0.488 e. The largest absolute Gasteiger partial charge is 0.488 e. The molecule has 0 spiro atoms. The third kappa shape index (κ3) is 4.60. The zero-order chi connectivity index (χ0) is 15.2. The average Bonchev–Trinajstić information content (AvgIpc) is 2.46. The van der Waals surface area contributed by atoms with Gasteiger partial charge in [-0.25, -0.2) is 0 Å². The summed E-state index contributed by atoms with van der Waals surface area (Å²) in [5.74, 6) is 0.639. The van der Waals surface area contributed by atoms with Gasteiger partial charge < -0.3 is 10.1 Å². The molecule has 0 saturated carbocycles. The van der Waals surface area contributed by atoms with Crippen LogP contribution in [0.1, 0.15) is 29.8 Å². The fraction of sp³-hybridized carbons (Fsp3) is 0.235. The second-order valence-electron chi connectivity index (χ2n) is 5.05. The molecule has 0 heterocycles. The number of hydrogen-bond acceptors (Lipinski definition) is 2. The Labute approximate surface area is 133 Å². The van der Waals surface area contributed by atoms with E-state index in [0.717, 1.165) is 15.8 Å². The third-order valence-corrected chi connectivity index (χ3v) is 3.47. The number of halogens is 1.